The molecule has 0 bridgehead atoms. The average molecular weight is 305 g/mol. The minimum Gasteiger partial charge on any atom is -0.477 e. The minimum absolute atomic E-state index is 0.0810. The monoisotopic (exact) mass is 305 g/mol. The van der Waals surface area contributed by atoms with Gasteiger partial charge >= 0.3 is 12.0 Å². The van der Waals surface area contributed by atoms with Crippen molar-refractivity contribution in [2.45, 2.75) is 0 Å². The third-order valence-corrected chi connectivity index (χ3v) is 3.19. The van der Waals surface area contributed by atoms with Crippen LogP contribution >= 0.6 is 0 Å². The molecule has 0 spiro atoms. The Bertz CT molecular complexity index is 1010. The van der Waals surface area contributed by atoms with Crippen molar-refractivity contribution in [3.63, 3.8) is 0 Å². The molecule has 1 aliphatic rings. The van der Waals surface area contributed by atoms with E-state index in [4.69, 9.17) is 5.11 Å². The van der Waals surface area contributed by atoms with Crippen molar-refractivity contribution >= 4 is 22.8 Å². The molecule has 4 rings (SSSR count). The van der Waals surface area contributed by atoms with Crippen molar-refractivity contribution in [2.75, 3.05) is 0 Å². The second-order valence-electron chi connectivity index (χ2n) is 4.68. The molecule has 0 aliphatic carbocycles. The summed E-state index contributed by atoms with van der Waals surface area (Å²) in [5, 5.41) is 11.8. The molecular weight excluding hydrogens is 294 g/mol. The highest BCUT2D eigenvalue weighted by Gasteiger charge is 2.06. The third-order valence-electron chi connectivity index (χ3n) is 3.19. The van der Waals surface area contributed by atoms with Gasteiger partial charge in [-0.05, 0) is 23.6 Å². The van der Waals surface area contributed by atoms with E-state index in [9.17, 15) is 9.59 Å². The molecule has 6 nitrogen and oxygen atoms in total. The number of aromatic carboxylic acids is 1. The van der Waals surface area contributed by atoms with Gasteiger partial charge in [-0.3, -0.25) is 0 Å². The standard InChI is InChI=1S/C11H6N2O.C6H5NO2/c14-11-12-9-6-5-7-3-1-2-4-8(7)10(9)13-11;8-6(9)5-3-1-2-4-7-5/h1-6H;1-4H,(H,8,9). The van der Waals surface area contributed by atoms with Crippen LogP contribution in [-0.2, 0) is 0 Å². The van der Waals surface area contributed by atoms with Crippen LogP contribution in [0.2, 0.25) is 0 Å². The first kappa shape index (κ1) is 14.5. The zero-order valence-corrected chi connectivity index (χ0v) is 11.9. The summed E-state index contributed by atoms with van der Waals surface area (Å²) in [6.45, 7) is 0. The number of carbonyl (C=O) groups excluding carboxylic acids is 1. The predicted octanol–water partition coefficient (Wildman–Crippen LogP) is 1.99. The SMILES string of the molecule is O=C(O)c1ccccn1.O=C1N=c2ccc3ccccc3c2=N1. The topological polar surface area (TPSA) is 92.0 Å². The number of benzene rings is 2. The van der Waals surface area contributed by atoms with Crippen LogP contribution in [0.15, 0.2) is 70.8 Å². The molecule has 0 saturated heterocycles. The van der Waals surface area contributed by atoms with E-state index in [1.54, 1.807) is 12.1 Å². The fourth-order valence-electron chi connectivity index (χ4n) is 2.16. The first-order chi connectivity index (χ1) is 11.1. The van der Waals surface area contributed by atoms with Gasteiger partial charge in [-0.25, -0.2) is 14.6 Å². The van der Waals surface area contributed by atoms with E-state index in [1.165, 1.54) is 12.3 Å². The summed E-state index contributed by atoms with van der Waals surface area (Å²) in [7, 11) is 0. The number of amides is 2. The number of nitrogens with zero attached hydrogens (tertiary/aromatic N) is 3. The van der Waals surface area contributed by atoms with Gasteiger partial charge in [-0.1, -0.05) is 36.4 Å². The number of urea groups is 1. The Labute approximate surface area is 130 Å². The molecule has 3 aromatic rings. The van der Waals surface area contributed by atoms with Crippen LogP contribution in [-0.4, -0.2) is 22.1 Å². The van der Waals surface area contributed by atoms with Gasteiger partial charge in [0.1, 0.15) is 11.1 Å². The number of pyridine rings is 1. The number of carbonyl (C=O) groups is 2. The molecule has 112 valence electrons. The lowest BCUT2D eigenvalue weighted by Gasteiger charge is -1.93. The maximum Gasteiger partial charge on any atom is 0.368 e. The van der Waals surface area contributed by atoms with E-state index >= 15 is 0 Å². The fraction of sp³-hybridized carbons (Fsp3) is 0. The van der Waals surface area contributed by atoms with Gasteiger partial charge in [0.25, 0.3) is 0 Å². The normalized spacial score (nSPS) is 11.7. The maximum atomic E-state index is 11.0. The minimum atomic E-state index is -0.990. The molecule has 0 fully saturated rings. The predicted molar refractivity (Wildman–Crippen MR) is 82.9 cm³/mol. The zero-order valence-electron chi connectivity index (χ0n) is 11.9. The first-order valence-electron chi connectivity index (χ1n) is 6.78. The summed E-state index contributed by atoms with van der Waals surface area (Å²) in [6.07, 6.45) is 1.45. The lowest BCUT2D eigenvalue weighted by molar-refractivity contribution is 0.0690. The number of rotatable bonds is 1. The van der Waals surface area contributed by atoms with Crippen LogP contribution in [0.1, 0.15) is 10.5 Å². The number of carboxylic acid groups (broad SMARTS) is 1. The molecule has 2 heterocycles. The average Bonchev–Trinajstić information content (AvgIpc) is 2.97. The lowest BCUT2D eigenvalue weighted by Crippen LogP contribution is -2.21. The molecule has 23 heavy (non-hydrogen) atoms. The van der Waals surface area contributed by atoms with Crippen molar-refractivity contribution in [2.24, 2.45) is 9.98 Å². The Balaban J connectivity index is 0.000000151. The number of aromatic nitrogens is 1. The van der Waals surface area contributed by atoms with Crippen molar-refractivity contribution < 1.29 is 14.7 Å². The number of hydrogen-bond acceptors (Lipinski definition) is 3. The fourth-order valence-corrected chi connectivity index (χ4v) is 2.16. The van der Waals surface area contributed by atoms with Crippen LogP contribution in [0, 0.1) is 0 Å². The van der Waals surface area contributed by atoms with Crippen LogP contribution in [0.3, 0.4) is 0 Å². The van der Waals surface area contributed by atoms with Crippen LogP contribution in [0.25, 0.3) is 10.8 Å². The van der Waals surface area contributed by atoms with Crippen LogP contribution in [0.4, 0.5) is 4.79 Å². The molecule has 1 aliphatic heterocycles. The molecule has 0 radical (unpaired) electrons. The molecule has 1 N–H and O–H groups in total. The van der Waals surface area contributed by atoms with Gasteiger partial charge in [0.15, 0.2) is 0 Å². The van der Waals surface area contributed by atoms with E-state index in [-0.39, 0.29) is 5.69 Å². The summed E-state index contributed by atoms with van der Waals surface area (Å²) in [4.78, 5) is 32.4. The smallest absolute Gasteiger partial charge is 0.368 e. The van der Waals surface area contributed by atoms with Gasteiger partial charge in [-0.15, -0.1) is 0 Å². The molecule has 2 aromatic carbocycles. The van der Waals surface area contributed by atoms with Gasteiger partial charge in [-0.2, -0.15) is 9.98 Å². The highest BCUT2D eigenvalue weighted by atomic mass is 16.4. The highest BCUT2D eigenvalue weighted by Crippen LogP contribution is 2.07. The zero-order chi connectivity index (χ0) is 16.2. The Morgan fingerprint density at radius 3 is 2.39 bits per heavy atom. The van der Waals surface area contributed by atoms with Crippen molar-refractivity contribution in [1.29, 1.82) is 0 Å². The molecule has 2 amide bonds. The molecule has 0 unspecified atom stereocenters. The van der Waals surface area contributed by atoms with Gasteiger partial charge in [0.2, 0.25) is 0 Å². The quantitative estimate of drug-likeness (QED) is 0.744. The Kier molecular flexibility index (Phi) is 3.88. The summed E-state index contributed by atoms with van der Waals surface area (Å²) in [5.41, 5.74) is 0.0810. The van der Waals surface area contributed by atoms with E-state index in [2.05, 4.69) is 15.0 Å². The Morgan fingerprint density at radius 2 is 1.70 bits per heavy atom. The van der Waals surface area contributed by atoms with E-state index in [0.717, 1.165) is 10.8 Å². The number of carboxylic acids is 1. The number of hydrogen-bond donors (Lipinski definition) is 1. The van der Waals surface area contributed by atoms with Gasteiger partial charge in [0.05, 0.1) is 5.36 Å². The molecule has 1 aromatic heterocycles. The van der Waals surface area contributed by atoms with Crippen LogP contribution in [0.5, 0.6) is 0 Å². The van der Waals surface area contributed by atoms with Gasteiger partial charge < -0.3 is 5.11 Å². The maximum absolute atomic E-state index is 11.0. The van der Waals surface area contributed by atoms with E-state index in [0.29, 0.717) is 10.7 Å². The summed E-state index contributed by atoms with van der Waals surface area (Å²) < 4.78 is 0. The van der Waals surface area contributed by atoms with E-state index < -0.39 is 12.0 Å². The Hall–Kier alpha value is -3.41. The molecular formula is C17H11N3O3. The van der Waals surface area contributed by atoms with Crippen molar-refractivity contribution in [3.8, 4) is 0 Å². The summed E-state index contributed by atoms with van der Waals surface area (Å²) in [5.74, 6) is -0.990. The first-order valence-corrected chi connectivity index (χ1v) is 6.78. The summed E-state index contributed by atoms with van der Waals surface area (Å²) in [6, 6.07) is 16.0. The van der Waals surface area contributed by atoms with Crippen LogP contribution < -0.4 is 10.7 Å². The van der Waals surface area contributed by atoms with Crippen molar-refractivity contribution in [3.05, 3.63) is 77.2 Å². The number of fused-ring (bicyclic) bond motifs is 3. The highest BCUT2D eigenvalue weighted by molar-refractivity contribution is 5.86. The molecule has 0 saturated carbocycles. The third kappa shape index (κ3) is 3.11. The molecule has 0 atom stereocenters. The summed E-state index contributed by atoms with van der Waals surface area (Å²) >= 11 is 0. The Morgan fingerprint density at radius 1 is 0.913 bits per heavy atom. The van der Waals surface area contributed by atoms with E-state index in [1.807, 2.05) is 36.4 Å². The second-order valence-corrected chi connectivity index (χ2v) is 4.68. The lowest BCUT2D eigenvalue weighted by atomic mass is 10.1. The molecule has 6 heteroatoms. The van der Waals surface area contributed by atoms with Gasteiger partial charge in [0, 0.05) is 11.6 Å². The van der Waals surface area contributed by atoms with Crippen molar-refractivity contribution in [1.82, 2.24) is 4.98 Å². The largest absolute Gasteiger partial charge is 0.477 e. The second kappa shape index (κ2) is 6.15.